The lowest BCUT2D eigenvalue weighted by Gasteiger charge is -2.13. The van der Waals surface area contributed by atoms with E-state index in [2.05, 4.69) is 10.6 Å². The van der Waals surface area contributed by atoms with Gasteiger partial charge in [0.05, 0.1) is 4.92 Å². The summed E-state index contributed by atoms with van der Waals surface area (Å²) in [5.41, 5.74) is 2.09. The van der Waals surface area contributed by atoms with Gasteiger partial charge in [0.25, 0.3) is 5.69 Å². The number of amides is 2. The average Bonchev–Trinajstić information content (AvgIpc) is 2.57. The molecule has 2 amide bonds. The summed E-state index contributed by atoms with van der Waals surface area (Å²) < 4.78 is 0. The van der Waals surface area contributed by atoms with Crippen molar-refractivity contribution >= 4 is 40.5 Å². The van der Waals surface area contributed by atoms with E-state index in [0.717, 1.165) is 17.2 Å². The molecule has 130 valence electrons. The number of aryl methyl sites for hydroxylation is 2. The standard InChI is InChI=1S/C17H16ClN3O4/c1-3-11-6-4-5-10(2)15(11)20-17(23)16(22)19-12-7-8-13(18)14(9-12)21(24)25/h4-9H,3H2,1-2H3,(H,19,22)(H,20,23). The van der Waals surface area contributed by atoms with Crippen molar-refractivity contribution in [3.8, 4) is 0 Å². The summed E-state index contributed by atoms with van der Waals surface area (Å²) >= 11 is 5.71. The molecule has 0 fully saturated rings. The molecular weight excluding hydrogens is 346 g/mol. The zero-order chi connectivity index (χ0) is 18.6. The minimum Gasteiger partial charge on any atom is -0.318 e. The number of carbonyl (C=O) groups excluding carboxylic acids is 2. The summed E-state index contributed by atoms with van der Waals surface area (Å²) in [6.45, 7) is 3.77. The molecule has 2 aromatic carbocycles. The minimum absolute atomic E-state index is 0.0556. The molecule has 0 unspecified atom stereocenters. The highest BCUT2D eigenvalue weighted by atomic mass is 35.5. The molecule has 2 aromatic rings. The van der Waals surface area contributed by atoms with Crippen LogP contribution in [0, 0.1) is 17.0 Å². The van der Waals surface area contributed by atoms with E-state index in [9.17, 15) is 19.7 Å². The Hall–Kier alpha value is -2.93. The highest BCUT2D eigenvalue weighted by molar-refractivity contribution is 6.44. The topological polar surface area (TPSA) is 101 Å². The third-order valence-corrected chi connectivity index (χ3v) is 3.91. The Morgan fingerprint density at radius 2 is 1.84 bits per heavy atom. The van der Waals surface area contributed by atoms with Crippen LogP contribution in [0.3, 0.4) is 0 Å². The summed E-state index contributed by atoms with van der Waals surface area (Å²) in [5.74, 6) is -1.79. The van der Waals surface area contributed by atoms with Crippen LogP contribution in [0.2, 0.25) is 5.02 Å². The SMILES string of the molecule is CCc1cccc(C)c1NC(=O)C(=O)Nc1ccc(Cl)c([N+](=O)[O-])c1. The Balaban J connectivity index is 2.15. The Morgan fingerprint density at radius 1 is 1.16 bits per heavy atom. The van der Waals surface area contributed by atoms with E-state index in [1.54, 1.807) is 0 Å². The van der Waals surface area contributed by atoms with E-state index in [0.29, 0.717) is 12.1 Å². The van der Waals surface area contributed by atoms with Crippen molar-refractivity contribution in [1.82, 2.24) is 0 Å². The number of hydrogen-bond donors (Lipinski definition) is 2. The van der Waals surface area contributed by atoms with Crippen LogP contribution in [0.4, 0.5) is 17.1 Å². The number of benzene rings is 2. The molecule has 2 N–H and O–H groups in total. The van der Waals surface area contributed by atoms with Crippen LogP contribution in [0.15, 0.2) is 36.4 Å². The van der Waals surface area contributed by atoms with E-state index in [1.807, 2.05) is 32.0 Å². The average molecular weight is 362 g/mol. The fourth-order valence-corrected chi connectivity index (χ4v) is 2.48. The largest absolute Gasteiger partial charge is 0.318 e. The predicted octanol–water partition coefficient (Wildman–Crippen LogP) is 3.70. The molecule has 0 aliphatic carbocycles. The molecule has 0 bridgehead atoms. The molecule has 0 saturated carbocycles. The van der Waals surface area contributed by atoms with Gasteiger partial charge in [-0.15, -0.1) is 0 Å². The zero-order valence-corrected chi connectivity index (χ0v) is 14.4. The second-order valence-corrected chi connectivity index (χ2v) is 5.70. The zero-order valence-electron chi connectivity index (χ0n) is 13.6. The number of nitrogens with zero attached hydrogens (tertiary/aromatic N) is 1. The van der Waals surface area contributed by atoms with E-state index < -0.39 is 16.7 Å². The number of carbonyl (C=O) groups is 2. The minimum atomic E-state index is -0.929. The van der Waals surface area contributed by atoms with Gasteiger partial charge in [-0.05, 0) is 36.6 Å². The molecule has 0 saturated heterocycles. The predicted molar refractivity (Wildman–Crippen MR) is 95.9 cm³/mol. The molecule has 8 heteroatoms. The second-order valence-electron chi connectivity index (χ2n) is 5.29. The number of halogens is 1. The third kappa shape index (κ3) is 4.33. The summed E-state index contributed by atoms with van der Waals surface area (Å²) in [4.78, 5) is 34.4. The van der Waals surface area contributed by atoms with E-state index >= 15 is 0 Å². The van der Waals surface area contributed by atoms with Crippen molar-refractivity contribution < 1.29 is 14.5 Å². The van der Waals surface area contributed by atoms with Crippen molar-refractivity contribution in [3.63, 3.8) is 0 Å². The fourth-order valence-electron chi connectivity index (χ4n) is 2.29. The van der Waals surface area contributed by atoms with Crippen molar-refractivity contribution in [3.05, 3.63) is 62.7 Å². The smallest absolute Gasteiger partial charge is 0.314 e. The van der Waals surface area contributed by atoms with Gasteiger partial charge >= 0.3 is 11.8 Å². The number of nitro benzene ring substituents is 1. The molecular formula is C17H16ClN3O4. The summed E-state index contributed by atoms with van der Waals surface area (Å²) in [6, 6.07) is 9.32. The van der Waals surface area contributed by atoms with Crippen molar-refractivity contribution in [2.75, 3.05) is 10.6 Å². The highest BCUT2D eigenvalue weighted by Gasteiger charge is 2.19. The summed E-state index contributed by atoms with van der Waals surface area (Å²) in [6.07, 6.45) is 0.697. The van der Waals surface area contributed by atoms with E-state index in [-0.39, 0.29) is 16.4 Å². The first kappa shape index (κ1) is 18.4. The lowest BCUT2D eigenvalue weighted by atomic mass is 10.1. The number of nitro groups is 1. The maximum Gasteiger partial charge on any atom is 0.314 e. The Bertz CT molecular complexity index is 852. The first-order valence-corrected chi connectivity index (χ1v) is 7.86. The second kappa shape index (κ2) is 7.76. The maximum atomic E-state index is 12.1. The van der Waals surface area contributed by atoms with Gasteiger partial charge in [-0.1, -0.05) is 36.7 Å². The number of nitrogens with one attached hydrogen (secondary N) is 2. The van der Waals surface area contributed by atoms with Crippen LogP contribution in [-0.2, 0) is 16.0 Å². The van der Waals surface area contributed by atoms with Gasteiger partial charge in [0.15, 0.2) is 0 Å². The van der Waals surface area contributed by atoms with Crippen LogP contribution >= 0.6 is 11.6 Å². The quantitative estimate of drug-likeness (QED) is 0.492. The van der Waals surface area contributed by atoms with E-state index in [1.165, 1.54) is 12.1 Å². The molecule has 2 rings (SSSR count). The maximum absolute atomic E-state index is 12.1. The van der Waals surface area contributed by atoms with Crippen LogP contribution < -0.4 is 10.6 Å². The first-order chi connectivity index (χ1) is 11.8. The van der Waals surface area contributed by atoms with E-state index in [4.69, 9.17) is 11.6 Å². The molecule has 0 spiro atoms. The summed E-state index contributed by atoms with van der Waals surface area (Å²) in [5, 5.41) is 15.7. The molecule has 0 heterocycles. The van der Waals surface area contributed by atoms with Crippen molar-refractivity contribution in [1.29, 1.82) is 0 Å². The molecule has 0 aliphatic rings. The number of anilines is 2. The molecule has 25 heavy (non-hydrogen) atoms. The monoisotopic (exact) mass is 361 g/mol. The van der Waals surface area contributed by atoms with Gasteiger partial charge in [0.2, 0.25) is 0 Å². The Labute approximate surface area is 149 Å². The lowest BCUT2D eigenvalue weighted by Crippen LogP contribution is -2.29. The molecule has 0 aliphatic heterocycles. The van der Waals surface area contributed by atoms with Gasteiger partial charge in [0.1, 0.15) is 5.02 Å². The van der Waals surface area contributed by atoms with Crippen LogP contribution in [-0.4, -0.2) is 16.7 Å². The Morgan fingerprint density at radius 3 is 2.48 bits per heavy atom. The van der Waals surface area contributed by atoms with Crippen LogP contribution in [0.5, 0.6) is 0 Å². The van der Waals surface area contributed by atoms with Gasteiger partial charge in [-0.2, -0.15) is 0 Å². The third-order valence-electron chi connectivity index (χ3n) is 3.59. The van der Waals surface area contributed by atoms with Crippen molar-refractivity contribution in [2.24, 2.45) is 0 Å². The lowest BCUT2D eigenvalue weighted by molar-refractivity contribution is -0.384. The fraction of sp³-hybridized carbons (Fsp3) is 0.176. The van der Waals surface area contributed by atoms with Crippen LogP contribution in [0.1, 0.15) is 18.1 Å². The van der Waals surface area contributed by atoms with Crippen LogP contribution in [0.25, 0.3) is 0 Å². The van der Waals surface area contributed by atoms with Gasteiger partial charge in [-0.25, -0.2) is 0 Å². The van der Waals surface area contributed by atoms with Crippen molar-refractivity contribution in [2.45, 2.75) is 20.3 Å². The number of rotatable bonds is 4. The van der Waals surface area contributed by atoms with Gasteiger partial charge < -0.3 is 10.6 Å². The molecule has 7 nitrogen and oxygen atoms in total. The number of hydrogen-bond acceptors (Lipinski definition) is 4. The molecule has 0 atom stereocenters. The molecule has 0 radical (unpaired) electrons. The normalized spacial score (nSPS) is 10.2. The van der Waals surface area contributed by atoms with Gasteiger partial charge in [0, 0.05) is 17.4 Å². The van der Waals surface area contributed by atoms with Gasteiger partial charge in [-0.3, -0.25) is 19.7 Å². The number of para-hydroxylation sites is 1. The summed E-state index contributed by atoms with van der Waals surface area (Å²) in [7, 11) is 0. The first-order valence-electron chi connectivity index (χ1n) is 7.48. The molecule has 0 aromatic heterocycles. The highest BCUT2D eigenvalue weighted by Crippen LogP contribution is 2.27. The Kier molecular flexibility index (Phi) is 5.71.